The molecule has 3 heterocycles. The fraction of sp³-hybridized carbons (Fsp3) is 0.600. The summed E-state index contributed by atoms with van der Waals surface area (Å²) in [5.41, 5.74) is 12.3. The molecule has 2 unspecified atom stereocenters. The number of rotatable bonds is 4. The van der Waals surface area contributed by atoms with E-state index in [0.29, 0.717) is 49.9 Å². The van der Waals surface area contributed by atoms with E-state index >= 15 is 0 Å². The normalized spacial score (nSPS) is 21.6. The molecule has 0 bridgehead atoms. The molecule has 162 valence electrons. The number of hydrogen-bond donors (Lipinski definition) is 2. The van der Waals surface area contributed by atoms with Crippen molar-refractivity contribution in [1.82, 2.24) is 14.9 Å². The van der Waals surface area contributed by atoms with Gasteiger partial charge in [0.05, 0.1) is 7.11 Å². The smallest absolute Gasteiger partial charge is 0.409 e. The van der Waals surface area contributed by atoms with Crippen molar-refractivity contribution < 1.29 is 19.1 Å². The third-order valence-corrected chi connectivity index (χ3v) is 5.54. The van der Waals surface area contributed by atoms with E-state index in [1.165, 1.54) is 7.11 Å². The zero-order valence-corrected chi connectivity index (χ0v) is 17.3. The number of aromatic nitrogens is 2. The van der Waals surface area contributed by atoms with Crippen molar-refractivity contribution in [3.8, 4) is 11.8 Å². The van der Waals surface area contributed by atoms with Crippen LogP contribution in [0.1, 0.15) is 37.9 Å². The first-order valence-electron chi connectivity index (χ1n) is 10.0. The fourth-order valence-corrected chi connectivity index (χ4v) is 3.69. The molecule has 0 spiro atoms. The largest absolute Gasteiger partial charge is 0.453 e. The Morgan fingerprint density at radius 1 is 1.30 bits per heavy atom. The predicted octanol–water partition coefficient (Wildman–Crippen LogP) is 1.00. The van der Waals surface area contributed by atoms with Gasteiger partial charge < -0.3 is 35.5 Å². The lowest BCUT2D eigenvalue weighted by Crippen LogP contribution is -2.38. The predicted molar refractivity (Wildman–Crippen MR) is 111 cm³/mol. The number of piperidine rings is 1. The van der Waals surface area contributed by atoms with Gasteiger partial charge in [0, 0.05) is 26.6 Å². The van der Waals surface area contributed by atoms with Crippen LogP contribution in [-0.2, 0) is 14.3 Å². The molecule has 0 radical (unpaired) electrons. The number of ether oxygens (including phenoxy) is 2. The van der Waals surface area contributed by atoms with Crippen molar-refractivity contribution in [2.75, 3.05) is 43.6 Å². The number of nitrogens with zero attached hydrogens (tertiary/aromatic N) is 4. The Kier molecular flexibility index (Phi) is 6.95. The van der Waals surface area contributed by atoms with Gasteiger partial charge in [0.15, 0.2) is 11.6 Å². The van der Waals surface area contributed by atoms with Gasteiger partial charge in [-0.3, -0.25) is 0 Å². The van der Waals surface area contributed by atoms with E-state index in [2.05, 4.69) is 21.8 Å². The lowest BCUT2D eigenvalue weighted by Gasteiger charge is -2.29. The number of carbonyl (C=O) groups is 2. The Balaban J connectivity index is 1.64. The summed E-state index contributed by atoms with van der Waals surface area (Å²) in [5.74, 6) is 7.39. The Labute approximate surface area is 175 Å². The second kappa shape index (κ2) is 9.63. The van der Waals surface area contributed by atoms with Crippen LogP contribution < -0.4 is 16.4 Å². The van der Waals surface area contributed by atoms with Gasteiger partial charge in [-0.2, -0.15) is 0 Å². The van der Waals surface area contributed by atoms with E-state index in [-0.39, 0.29) is 23.8 Å². The van der Waals surface area contributed by atoms with Crippen LogP contribution in [0.5, 0.6) is 0 Å². The molecule has 30 heavy (non-hydrogen) atoms. The number of carbonyl (C=O) groups excluding carboxylic acids is 2. The Morgan fingerprint density at radius 3 is 2.67 bits per heavy atom. The summed E-state index contributed by atoms with van der Waals surface area (Å²) in [7, 11) is 3.19. The van der Waals surface area contributed by atoms with E-state index in [4.69, 9.17) is 20.9 Å². The number of nitrogens with two attached hydrogens (primary N) is 2. The second-order valence-corrected chi connectivity index (χ2v) is 7.53. The van der Waals surface area contributed by atoms with Crippen LogP contribution in [0.3, 0.4) is 0 Å². The molecular formula is C20H28N6O4. The summed E-state index contributed by atoms with van der Waals surface area (Å²) < 4.78 is 10.4. The molecule has 1 aromatic rings. The van der Waals surface area contributed by atoms with E-state index < -0.39 is 6.10 Å². The van der Waals surface area contributed by atoms with E-state index in [1.54, 1.807) is 16.8 Å². The number of nitrogen functional groups attached to an aromatic ring is 2. The summed E-state index contributed by atoms with van der Waals surface area (Å²) in [6, 6.07) is 0. The standard InChI is InChI=1S/C20H28N6O4/c1-25(16-7-6-14(12-27)30-16)19-17(21)18(22)23-15(24-19)5-3-4-13-8-10-26(11-9-13)20(28)29-2/h12-14,16H,4,6-11,21H2,1-2H3,(H2,22,23,24). The minimum absolute atomic E-state index is 0.160. The van der Waals surface area contributed by atoms with E-state index in [1.807, 2.05) is 0 Å². The van der Waals surface area contributed by atoms with Crippen molar-refractivity contribution >= 4 is 29.7 Å². The molecule has 3 rings (SSSR count). The molecule has 1 aromatic heterocycles. The van der Waals surface area contributed by atoms with Gasteiger partial charge in [0.1, 0.15) is 24.3 Å². The molecule has 2 aliphatic heterocycles. The van der Waals surface area contributed by atoms with Gasteiger partial charge in [0.25, 0.3) is 0 Å². The average Bonchev–Trinajstić information content (AvgIpc) is 3.25. The number of amides is 1. The Hall–Kier alpha value is -3.06. The highest BCUT2D eigenvalue weighted by Gasteiger charge is 2.30. The van der Waals surface area contributed by atoms with Gasteiger partial charge in [-0.05, 0) is 37.5 Å². The van der Waals surface area contributed by atoms with Crippen molar-refractivity contribution in [2.45, 2.75) is 44.4 Å². The average molecular weight is 416 g/mol. The summed E-state index contributed by atoms with van der Waals surface area (Å²) in [5, 5.41) is 0. The maximum Gasteiger partial charge on any atom is 0.409 e. The summed E-state index contributed by atoms with van der Waals surface area (Å²) in [6.45, 7) is 1.34. The highest BCUT2D eigenvalue weighted by molar-refractivity contribution is 5.74. The van der Waals surface area contributed by atoms with Gasteiger partial charge in [-0.1, -0.05) is 5.92 Å². The molecule has 2 saturated heterocycles. The van der Waals surface area contributed by atoms with Crippen LogP contribution in [0.4, 0.5) is 22.1 Å². The lowest BCUT2D eigenvalue weighted by atomic mass is 9.94. The second-order valence-electron chi connectivity index (χ2n) is 7.53. The topological polar surface area (TPSA) is 137 Å². The lowest BCUT2D eigenvalue weighted by molar-refractivity contribution is -0.117. The number of hydrogen-bond acceptors (Lipinski definition) is 9. The maximum absolute atomic E-state index is 11.6. The van der Waals surface area contributed by atoms with Crippen LogP contribution in [0.25, 0.3) is 0 Å². The first kappa shape index (κ1) is 21.6. The summed E-state index contributed by atoms with van der Waals surface area (Å²) in [4.78, 5) is 34.6. The molecule has 2 fully saturated rings. The van der Waals surface area contributed by atoms with Gasteiger partial charge in [0.2, 0.25) is 5.82 Å². The van der Waals surface area contributed by atoms with Gasteiger partial charge >= 0.3 is 6.09 Å². The zero-order valence-electron chi connectivity index (χ0n) is 17.3. The maximum atomic E-state index is 11.6. The van der Waals surface area contributed by atoms with Crippen LogP contribution in [0, 0.1) is 17.8 Å². The molecule has 0 saturated carbocycles. The quantitative estimate of drug-likeness (QED) is 0.544. The van der Waals surface area contributed by atoms with Crippen LogP contribution in [-0.4, -0.2) is 66.8 Å². The molecule has 0 aliphatic carbocycles. The molecular weight excluding hydrogens is 388 g/mol. The first-order chi connectivity index (χ1) is 14.4. The summed E-state index contributed by atoms with van der Waals surface area (Å²) >= 11 is 0. The minimum Gasteiger partial charge on any atom is -0.453 e. The monoisotopic (exact) mass is 416 g/mol. The van der Waals surface area contributed by atoms with Crippen molar-refractivity contribution in [2.24, 2.45) is 5.92 Å². The number of anilines is 3. The highest BCUT2D eigenvalue weighted by atomic mass is 16.5. The highest BCUT2D eigenvalue weighted by Crippen LogP contribution is 2.30. The SMILES string of the molecule is COC(=O)N1CCC(CC#Cc2nc(N)c(N)c(N(C)C3CCC(C=O)O3)n2)CC1. The van der Waals surface area contributed by atoms with Crippen molar-refractivity contribution in [3.05, 3.63) is 5.82 Å². The van der Waals surface area contributed by atoms with E-state index in [0.717, 1.165) is 19.1 Å². The molecule has 1 amide bonds. The van der Waals surface area contributed by atoms with Gasteiger partial charge in [-0.15, -0.1) is 0 Å². The van der Waals surface area contributed by atoms with E-state index in [9.17, 15) is 9.59 Å². The third-order valence-electron chi connectivity index (χ3n) is 5.54. The van der Waals surface area contributed by atoms with Crippen LogP contribution in [0.15, 0.2) is 0 Å². The molecule has 2 atom stereocenters. The molecule has 10 nitrogen and oxygen atoms in total. The van der Waals surface area contributed by atoms with Crippen molar-refractivity contribution in [3.63, 3.8) is 0 Å². The number of methoxy groups -OCH3 is 1. The Bertz CT molecular complexity index is 844. The molecule has 2 aliphatic rings. The molecule has 0 aromatic carbocycles. The third kappa shape index (κ3) is 4.91. The number of aldehydes is 1. The van der Waals surface area contributed by atoms with Crippen LogP contribution >= 0.6 is 0 Å². The Morgan fingerprint density at radius 2 is 2.03 bits per heavy atom. The van der Waals surface area contributed by atoms with Gasteiger partial charge in [-0.25, -0.2) is 14.8 Å². The summed E-state index contributed by atoms with van der Waals surface area (Å²) in [6.07, 6.45) is 3.57. The molecule has 10 heteroatoms. The fourth-order valence-electron chi connectivity index (χ4n) is 3.69. The van der Waals surface area contributed by atoms with Crippen LogP contribution in [0.2, 0.25) is 0 Å². The van der Waals surface area contributed by atoms with Crippen molar-refractivity contribution in [1.29, 1.82) is 0 Å². The molecule has 4 N–H and O–H groups in total. The first-order valence-corrected chi connectivity index (χ1v) is 10.0. The number of likely N-dealkylation sites (tertiary alicyclic amines) is 1. The minimum atomic E-state index is -0.414. The zero-order chi connectivity index (χ0) is 21.7.